The van der Waals surface area contributed by atoms with Gasteiger partial charge in [-0.15, -0.1) is 11.3 Å². The van der Waals surface area contributed by atoms with Crippen molar-refractivity contribution in [1.29, 1.82) is 0 Å². The fourth-order valence-electron chi connectivity index (χ4n) is 13.7. The zero-order chi connectivity index (χ0) is 47.5. The van der Waals surface area contributed by atoms with Crippen LogP contribution in [-0.2, 0) is 21.7 Å². The van der Waals surface area contributed by atoms with E-state index >= 15 is 0 Å². The van der Waals surface area contributed by atoms with Crippen LogP contribution in [0.15, 0.2) is 144 Å². The smallest absolute Gasteiger partial charge is 0.333 e. The summed E-state index contributed by atoms with van der Waals surface area (Å²) < 4.78 is 10.8. The molecule has 2 aliphatic carbocycles. The van der Waals surface area contributed by atoms with E-state index in [2.05, 4.69) is 211 Å². The van der Waals surface area contributed by atoms with Gasteiger partial charge in [-0.3, -0.25) is 0 Å². The number of rotatable bonds is 2. The third-order valence-corrected chi connectivity index (χ3v) is 18.4. The minimum absolute atomic E-state index is 0.00741. The van der Waals surface area contributed by atoms with Gasteiger partial charge in [0.05, 0.1) is 21.3 Å². The first-order chi connectivity index (χ1) is 33.6. The van der Waals surface area contributed by atoms with Crippen LogP contribution in [0.3, 0.4) is 0 Å². The first-order valence-electron chi connectivity index (χ1n) is 25.3. The van der Waals surface area contributed by atoms with E-state index in [1.807, 2.05) is 0 Å². The van der Waals surface area contributed by atoms with Crippen molar-refractivity contribution in [2.45, 2.75) is 96.8 Å². The average molecular weight is 924 g/mol. The molecule has 0 bridgehead atoms. The Kier molecular flexibility index (Phi) is 7.78. The highest BCUT2D eigenvalue weighted by Gasteiger charge is 2.51. The number of para-hydroxylation sites is 1. The maximum absolute atomic E-state index is 6.87. The van der Waals surface area contributed by atoms with Gasteiger partial charge in [0.2, 0.25) is 0 Å². The number of benzene rings is 8. The van der Waals surface area contributed by atoms with Crippen LogP contribution < -0.4 is 15.7 Å². The molecule has 0 saturated heterocycles. The molecule has 0 amide bonds. The molecule has 0 N–H and O–H groups in total. The van der Waals surface area contributed by atoms with Crippen LogP contribution in [0, 0.1) is 0 Å². The van der Waals surface area contributed by atoms with Gasteiger partial charge in [-0.2, -0.15) is 0 Å². The average Bonchev–Trinajstić information content (AvgIpc) is 4.09. The van der Waals surface area contributed by atoms with Crippen LogP contribution in [0.5, 0.6) is 0 Å². The molecule has 0 unspecified atom stereocenters. The second-order valence-electron chi connectivity index (χ2n) is 23.7. The van der Waals surface area contributed by atoms with Crippen molar-refractivity contribution in [3.63, 3.8) is 0 Å². The number of furan rings is 1. The van der Waals surface area contributed by atoms with Gasteiger partial charge >= 0.3 is 6.85 Å². The van der Waals surface area contributed by atoms with E-state index in [1.165, 1.54) is 105 Å². The third kappa shape index (κ3) is 5.20. The molecule has 4 aliphatic rings. The number of hydrogen-bond acceptors (Lipinski definition) is 4. The highest BCUT2D eigenvalue weighted by molar-refractivity contribution is 7.21. The number of aromatic nitrogens is 2. The highest BCUT2D eigenvalue weighted by atomic mass is 32.1. The molecule has 5 heterocycles. The molecule has 0 spiro atoms. The Morgan fingerprint density at radius 2 is 1.34 bits per heavy atom. The van der Waals surface area contributed by atoms with Gasteiger partial charge in [-0.05, 0) is 139 Å². The lowest BCUT2D eigenvalue weighted by atomic mass is 9.43. The monoisotopic (exact) mass is 923 g/mol. The fraction of sp³-hybridized carbons (Fsp3) is 0.234. The van der Waals surface area contributed by atoms with Crippen molar-refractivity contribution in [1.82, 2.24) is 9.55 Å². The molecule has 8 aromatic carbocycles. The minimum Gasteiger partial charge on any atom is -0.456 e. The van der Waals surface area contributed by atoms with E-state index in [4.69, 9.17) is 9.40 Å². The normalized spacial score (nSPS) is 16.8. The third-order valence-electron chi connectivity index (χ3n) is 17.4. The Balaban J connectivity index is 1.18. The molecule has 11 aromatic rings. The quantitative estimate of drug-likeness (QED) is 0.162. The van der Waals surface area contributed by atoms with Gasteiger partial charge in [-0.1, -0.05) is 147 Å². The number of fused-ring (bicyclic) bond motifs is 18. The predicted octanol–water partition coefficient (Wildman–Crippen LogP) is 16.2. The van der Waals surface area contributed by atoms with Crippen molar-refractivity contribution in [2.24, 2.45) is 0 Å². The van der Waals surface area contributed by atoms with Crippen LogP contribution >= 0.6 is 11.3 Å². The zero-order valence-electron chi connectivity index (χ0n) is 41.4. The topological polar surface area (TPSA) is 34.2 Å². The summed E-state index contributed by atoms with van der Waals surface area (Å²) in [5, 5.41) is 6.06. The van der Waals surface area contributed by atoms with Crippen LogP contribution in [0.2, 0.25) is 0 Å². The second-order valence-corrected chi connectivity index (χ2v) is 24.8. The molecular weight excluding hydrogens is 870 g/mol. The van der Waals surface area contributed by atoms with Gasteiger partial charge in [0.1, 0.15) is 16.2 Å². The summed E-state index contributed by atoms with van der Waals surface area (Å²) in [4.78, 5) is 8.18. The summed E-state index contributed by atoms with van der Waals surface area (Å²) in [5.41, 5.74) is 25.1. The first kappa shape index (κ1) is 40.9. The summed E-state index contributed by atoms with van der Waals surface area (Å²) in [6.07, 6.45) is 2.32. The molecule has 340 valence electrons. The Morgan fingerprint density at radius 1 is 0.629 bits per heavy atom. The maximum Gasteiger partial charge on any atom is 0.333 e. The lowest BCUT2D eigenvalue weighted by molar-refractivity contribution is 0.332. The number of nitrogens with zero attached hydrogens (tertiary/aromatic N) is 3. The lowest BCUT2D eigenvalue weighted by Gasteiger charge is -2.44. The van der Waals surface area contributed by atoms with E-state index in [0.717, 1.165) is 50.9 Å². The van der Waals surface area contributed by atoms with Crippen LogP contribution in [0.1, 0.15) is 103 Å². The minimum atomic E-state index is -0.305. The molecule has 15 rings (SSSR count). The molecule has 0 radical (unpaired) electrons. The SMILES string of the molecule is CC(C)(C)c1ccc(N2B3c4cc5nc(-c6ccccc6)sc5cc4-n4c5cc6c(cc5c5c7c(c(c3c54)-c3cc4oc5ccccc5c4cc32)C(C)(C)c2ccccc2-7)C(C)(C)CCC6(C)C)cc1. The van der Waals surface area contributed by atoms with E-state index in [-0.39, 0.29) is 28.5 Å². The van der Waals surface area contributed by atoms with E-state index in [9.17, 15) is 0 Å². The standard InChI is InChI=1S/C64H54BN3OS/c1-61(2,3)36-23-25-37(26-24-36)68-49-30-40-38-19-14-16-22-51(38)69-52(40)31-42(49)56-57-54(39-20-13-15-21-43(39)64(57,8)9)55-41-29-44-45(63(6,7)28-27-62(44,4)5)32-48(41)67-50-34-53-47(33-46(50)65(68)58(56)59(55)67)66-60(70-53)35-17-11-10-12-18-35/h10-26,29-34H,27-28H2,1-9H3. The van der Waals surface area contributed by atoms with Crippen LogP contribution in [0.4, 0.5) is 11.4 Å². The number of thiazole rings is 1. The summed E-state index contributed by atoms with van der Waals surface area (Å²) in [7, 11) is 0. The molecular formula is C64H54BN3OS. The second kappa shape index (κ2) is 13.3. The number of anilines is 2. The Hall–Kier alpha value is -6.89. The summed E-state index contributed by atoms with van der Waals surface area (Å²) >= 11 is 1.81. The van der Waals surface area contributed by atoms with Crippen molar-refractivity contribution < 1.29 is 4.42 Å². The largest absolute Gasteiger partial charge is 0.456 e. The first-order valence-corrected chi connectivity index (χ1v) is 26.1. The van der Waals surface area contributed by atoms with Gasteiger partial charge in [0.25, 0.3) is 0 Å². The van der Waals surface area contributed by atoms with Crippen LogP contribution in [0.25, 0.3) is 92.5 Å². The van der Waals surface area contributed by atoms with Gasteiger partial charge < -0.3 is 13.8 Å². The van der Waals surface area contributed by atoms with Crippen molar-refractivity contribution in [2.75, 3.05) is 4.81 Å². The van der Waals surface area contributed by atoms with Crippen molar-refractivity contribution in [3.05, 3.63) is 167 Å². The number of hydrogen-bond donors (Lipinski definition) is 0. The van der Waals surface area contributed by atoms with E-state index in [0.29, 0.717) is 0 Å². The molecule has 3 aromatic heterocycles. The Morgan fingerprint density at radius 3 is 2.11 bits per heavy atom. The summed E-state index contributed by atoms with van der Waals surface area (Å²) in [6.45, 7) is 21.6. The molecule has 2 aliphatic heterocycles. The van der Waals surface area contributed by atoms with E-state index in [1.54, 1.807) is 11.3 Å². The highest BCUT2D eigenvalue weighted by Crippen LogP contribution is 2.60. The summed E-state index contributed by atoms with van der Waals surface area (Å²) in [6, 6.07) is 53.2. The molecule has 4 nitrogen and oxygen atoms in total. The molecule has 70 heavy (non-hydrogen) atoms. The van der Waals surface area contributed by atoms with Crippen molar-refractivity contribution in [3.8, 4) is 38.5 Å². The molecule has 0 atom stereocenters. The molecule has 0 saturated carbocycles. The Bertz CT molecular complexity index is 4140. The summed E-state index contributed by atoms with van der Waals surface area (Å²) in [5.74, 6) is 0. The van der Waals surface area contributed by atoms with Gasteiger partial charge in [0, 0.05) is 55.1 Å². The van der Waals surface area contributed by atoms with E-state index < -0.39 is 0 Å². The zero-order valence-corrected chi connectivity index (χ0v) is 42.2. The molecule has 6 heteroatoms. The lowest BCUT2D eigenvalue weighted by Crippen LogP contribution is -2.61. The maximum atomic E-state index is 6.87. The predicted molar refractivity (Wildman–Crippen MR) is 297 cm³/mol. The van der Waals surface area contributed by atoms with Crippen molar-refractivity contribution >= 4 is 94.4 Å². The Labute approximate surface area is 413 Å². The van der Waals surface area contributed by atoms with Crippen LogP contribution in [-0.4, -0.2) is 16.4 Å². The van der Waals surface area contributed by atoms with Gasteiger partial charge in [-0.25, -0.2) is 4.98 Å². The van der Waals surface area contributed by atoms with Gasteiger partial charge in [0.15, 0.2) is 0 Å². The fourth-order valence-corrected chi connectivity index (χ4v) is 14.6. The molecule has 0 fully saturated rings.